The van der Waals surface area contributed by atoms with Gasteiger partial charge in [0.15, 0.2) is 11.5 Å². The van der Waals surface area contributed by atoms with Crippen LogP contribution < -0.4 is 9.47 Å². The lowest BCUT2D eigenvalue weighted by atomic mass is 9.84. The molecule has 204 valence electrons. The summed E-state index contributed by atoms with van der Waals surface area (Å²) in [6.45, 7) is 6.81. The number of fused-ring (bicyclic) bond motifs is 1. The van der Waals surface area contributed by atoms with Gasteiger partial charge in [-0.15, -0.1) is 0 Å². The third kappa shape index (κ3) is 6.35. The van der Waals surface area contributed by atoms with E-state index in [4.69, 9.17) is 14.3 Å². The number of amides is 2. The zero-order chi connectivity index (χ0) is 26.4. The summed E-state index contributed by atoms with van der Waals surface area (Å²) < 4.78 is 11.0. The van der Waals surface area contributed by atoms with Gasteiger partial charge in [0.25, 0.3) is 5.91 Å². The molecule has 3 heterocycles. The first-order chi connectivity index (χ1) is 17.9. The molecule has 2 fully saturated rings. The number of nitrogens with zero attached hydrogens (tertiary/aromatic N) is 3. The van der Waals surface area contributed by atoms with E-state index >= 15 is 0 Å². The fourth-order valence-electron chi connectivity index (χ4n) is 5.58. The molecule has 10 heteroatoms. The van der Waals surface area contributed by atoms with Gasteiger partial charge in [0, 0.05) is 44.6 Å². The minimum absolute atomic E-state index is 0.0663. The van der Waals surface area contributed by atoms with Crippen molar-refractivity contribution in [2.24, 2.45) is 5.92 Å². The average molecular weight is 518 g/mol. The molecule has 10 nitrogen and oxygen atoms in total. The van der Waals surface area contributed by atoms with Crippen molar-refractivity contribution < 1.29 is 33.8 Å². The van der Waals surface area contributed by atoms with Crippen molar-refractivity contribution in [1.82, 2.24) is 14.9 Å². The van der Waals surface area contributed by atoms with Crippen LogP contribution in [0.5, 0.6) is 11.5 Å². The van der Waals surface area contributed by atoms with Crippen molar-refractivity contribution >= 4 is 17.8 Å². The van der Waals surface area contributed by atoms with Crippen molar-refractivity contribution in [3.63, 3.8) is 0 Å². The van der Waals surface area contributed by atoms with Crippen LogP contribution in [0.1, 0.15) is 63.9 Å². The second-order valence-corrected chi connectivity index (χ2v) is 10.0. The summed E-state index contributed by atoms with van der Waals surface area (Å²) in [5.41, 5.74) is 0.846. The Balaban J connectivity index is 1.57. The van der Waals surface area contributed by atoms with Gasteiger partial charge in [-0.2, -0.15) is 0 Å². The van der Waals surface area contributed by atoms with E-state index in [-0.39, 0.29) is 31.1 Å². The van der Waals surface area contributed by atoms with E-state index < -0.39 is 17.9 Å². The number of aliphatic carboxylic acids is 1. The Labute approximate surface area is 218 Å². The van der Waals surface area contributed by atoms with Crippen molar-refractivity contribution in [2.45, 2.75) is 64.3 Å². The molecule has 3 aliphatic rings. The molecular formula is C27H39N3O7. The average Bonchev–Trinajstić information content (AvgIpc) is 3.60. The molecule has 3 aliphatic heterocycles. The minimum atomic E-state index is -0.902. The SMILES string of the molecule is CCCCN(OCCC)C(=O)CN1C[C@H](c2ccc3c(c2)OCO3)C(C(=O)O)[C@@H]1CCN1CCCC1=O. The van der Waals surface area contributed by atoms with E-state index in [9.17, 15) is 19.5 Å². The molecule has 0 radical (unpaired) electrons. The number of carbonyl (C=O) groups is 3. The van der Waals surface area contributed by atoms with Crippen LogP contribution in [0.4, 0.5) is 0 Å². The fourth-order valence-corrected chi connectivity index (χ4v) is 5.58. The number of carbonyl (C=O) groups excluding carboxylic acids is 2. The molecule has 1 unspecified atom stereocenters. The van der Waals surface area contributed by atoms with Gasteiger partial charge in [-0.3, -0.25) is 24.1 Å². The number of ether oxygens (including phenoxy) is 2. The first-order valence-electron chi connectivity index (χ1n) is 13.5. The smallest absolute Gasteiger partial charge is 0.308 e. The molecule has 1 aromatic rings. The lowest BCUT2D eigenvalue weighted by molar-refractivity contribution is -0.188. The van der Waals surface area contributed by atoms with Gasteiger partial charge in [-0.25, -0.2) is 5.06 Å². The number of carboxylic acid groups (broad SMARTS) is 1. The molecule has 0 aromatic heterocycles. The molecular weight excluding hydrogens is 478 g/mol. The number of hydrogen-bond acceptors (Lipinski definition) is 7. The number of carboxylic acids is 1. The number of rotatable bonds is 13. The van der Waals surface area contributed by atoms with Crippen LogP contribution in [0.25, 0.3) is 0 Å². The van der Waals surface area contributed by atoms with Crippen molar-refractivity contribution in [3.8, 4) is 11.5 Å². The van der Waals surface area contributed by atoms with Crippen molar-refractivity contribution in [1.29, 1.82) is 0 Å². The maximum atomic E-state index is 13.4. The number of benzene rings is 1. The Bertz CT molecular complexity index is 963. The summed E-state index contributed by atoms with van der Waals surface area (Å²) in [7, 11) is 0. The predicted octanol–water partition coefficient (Wildman–Crippen LogP) is 2.87. The van der Waals surface area contributed by atoms with Crippen LogP contribution >= 0.6 is 0 Å². The van der Waals surface area contributed by atoms with Gasteiger partial charge in [0.05, 0.1) is 19.1 Å². The third-order valence-corrected chi connectivity index (χ3v) is 7.51. The largest absolute Gasteiger partial charge is 0.481 e. The third-order valence-electron chi connectivity index (χ3n) is 7.51. The molecule has 0 spiro atoms. The van der Waals surface area contributed by atoms with E-state index in [1.165, 1.54) is 5.06 Å². The maximum Gasteiger partial charge on any atom is 0.308 e. The standard InChI is InChI=1S/C27H39N3O7/c1-3-5-12-30(37-14-4-2)25(32)17-29-16-20(19-8-9-22-23(15-19)36-18-35-22)26(27(33)34)21(29)10-13-28-11-6-7-24(28)31/h8-9,15,20-21,26H,3-7,10-14,16-18H2,1-2H3,(H,33,34)/t20-,21+,26?/m1/s1. The normalized spacial score (nSPS) is 23.1. The summed E-state index contributed by atoms with van der Waals surface area (Å²) in [5.74, 6) is -0.775. The number of unbranched alkanes of at least 4 members (excludes halogenated alkanes) is 1. The molecule has 1 N–H and O–H groups in total. The van der Waals surface area contributed by atoms with Crippen LogP contribution in [-0.2, 0) is 19.2 Å². The highest BCUT2D eigenvalue weighted by Crippen LogP contribution is 2.42. The topological polar surface area (TPSA) is 109 Å². The Morgan fingerprint density at radius 1 is 1.19 bits per heavy atom. The maximum absolute atomic E-state index is 13.4. The summed E-state index contributed by atoms with van der Waals surface area (Å²) >= 11 is 0. The molecule has 0 aliphatic carbocycles. The first kappa shape index (κ1) is 27.2. The number of hydroxylamine groups is 2. The zero-order valence-corrected chi connectivity index (χ0v) is 21.9. The van der Waals surface area contributed by atoms with Crippen molar-refractivity contribution in [2.75, 3.05) is 46.1 Å². The second kappa shape index (κ2) is 12.6. The second-order valence-electron chi connectivity index (χ2n) is 10.0. The zero-order valence-electron chi connectivity index (χ0n) is 21.9. The summed E-state index contributed by atoms with van der Waals surface area (Å²) in [4.78, 5) is 47.8. The lowest BCUT2D eigenvalue weighted by Gasteiger charge is -2.30. The highest BCUT2D eigenvalue weighted by Gasteiger charge is 2.47. The van der Waals surface area contributed by atoms with Crippen LogP contribution in [0.15, 0.2) is 18.2 Å². The molecule has 3 atom stereocenters. The fraction of sp³-hybridized carbons (Fsp3) is 0.667. The van der Waals surface area contributed by atoms with Gasteiger partial charge in [-0.1, -0.05) is 26.3 Å². The van der Waals surface area contributed by atoms with E-state index in [1.54, 1.807) is 0 Å². The number of hydrogen-bond donors (Lipinski definition) is 1. The van der Waals surface area contributed by atoms with E-state index in [0.29, 0.717) is 57.1 Å². The molecule has 0 saturated carbocycles. The molecule has 2 saturated heterocycles. The summed E-state index contributed by atoms with van der Waals surface area (Å²) in [6.07, 6.45) is 4.41. The molecule has 0 bridgehead atoms. The monoisotopic (exact) mass is 517 g/mol. The van der Waals surface area contributed by atoms with Crippen LogP contribution in [0, 0.1) is 5.92 Å². The van der Waals surface area contributed by atoms with Crippen LogP contribution in [0.3, 0.4) is 0 Å². The van der Waals surface area contributed by atoms with Gasteiger partial charge in [-0.05, 0) is 43.4 Å². The minimum Gasteiger partial charge on any atom is -0.481 e. The highest BCUT2D eigenvalue weighted by atomic mass is 16.7. The Morgan fingerprint density at radius 3 is 2.70 bits per heavy atom. The van der Waals surface area contributed by atoms with E-state index in [1.807, 2.05) is 34.9 Å². The molecule has 1 aromatic carbocycles. The summed E-state index contributed by atoms with van der Waals surface area (Å²) in [5, 5.41) is 11.8. The molecule has 4 rings (SSSR count). The number of likely N-dealkylation sites (tertiary alicyclic amines) is 2. The van der Waals surface area contributed by atoms with Gasteiger partial charge < -0.3 is 19.5 Å². The quantitative estimate of drug-likeness (QED) is 0.398. The van der Waals surface area contributed by atoms with Gasteiger partial charge >= 0.3 is 5.97 Å². The Morgan fingerprint density at radius 2 is 2.00 bits per heavy atom. The van der Waals surface area contributed by atoms with E-state index in [2.05, 4.69) is 6.92 Å². The Kier molecular flexibility index (Phi) is 9.26. The lowest BCUT2D eigenvalue weighted by Crippen LogP contribution is -2.45. The van der Waals surface area contributed by atoms with E-state index in [0.717, 1.165) is 31.2 Å². The highest BCUT2D eigenvalue weighted by molar-refractivity contribution is 5.79. The van der Waals surface area contributed by atoms with Gasteiger partial charge in [0.2, 0.25) is 12.7 Å². The first-order valence-corrected chi connectivity index (χ1v) is 13.5. The predicted molar refractivity (Wildman–Crippen MR) is 135 cm³/mol. The molecule has 2 amide bonds. The van der Waals surface area contributed by atoms with Crippen molar-refractivity contribution in [3.05, 3.63) is 23.8 Å². The molecule has 37 heavy (non-hydrogen) atoms. The summed E-state index contributed by atoms with van der Waals surface area (Å²) in [6, 6.07) is 5.16. The Hall–Kier alpha value is -2.85. The van der Waals surface area contributed by atoms with Crippen LogP contribution in [0.2, 0.25) is 0 Å². The van der Waals surface area contributed by atoms with Gasteiger partial charge in [0.1, 0.15) is 0 Å². The van der Waals surface area contributed by atoms with Crippen LogP contribution in [-0.4, -0.2) is 89.9 Å².